The Morgan fingerprint density at radius 2 is 2.00 bits per heavy atom. The van der Waals surface area contributed by atoms with Crippen molar-refractivity contribution in [3.8, 4) is 0 Å². The number of primary amides is 1. The molecule has 122 valence electrons. The molecule has 1 atom stereocenters. The van der Waals surface area contributed by atoms with Crippen LogP contribution in [-0.4, -0.2) is 11.8 Å². The molecule has 1 aromatic heterocycles. The van der Waals surface area contributed by atoms with E-state index in [0.29, 0.717) is 10.6 Å². The molecule has 0 spiro atoms. The van der Waals surface area contributed by atoms with E-state index in [-0.39, 0.29) is 11.8 Å². The Bertz CT molecular complexity index is 551. The number of carbonyl (C=O) groups excluding carboxylic acids is 2. The molecule has 1 aliphatic rings. The maximum Gasteiger partial charge on any atom is 0.251 e. The third-order valence-corrected chi connectivity index (χ3v) is 5.63. The Morgan fingerprint density at radius 1 is 1.27 bits per heavy atom. The maximum absolute atomic E-state index is 12.5. The fraction of sp³-hybridized carbons (Fsp3) is 0.647. The molecule has 22 heavy (non-hydrogen) atoms. The lowest BCUT2D eigenvalue weighted by molar-refractivity contribution is -0.120. The summed E-state index contributed by atoms with van der Waals surface area (Å²) in [5.74, 6) is -0.381. The molecule has 0 fully saturated rings. The molecule has 1 heterocycles. The Kier molecular flexibility index (Phi) is 6.00. The lowest BCUT2D eigenvalue weighted by atomic mass is 9.95. The minimum atomic E-state index is -0.420. The summed E-state index contributed by atoms with van der Waals surface area (Å²) in [5.41, 5.74) is 7.19. The van der Waals surface area contributed by atoms with Crippen LogP contribution in [0.4, 0.5) is 5.00 Å². The van der Waals surface area contributed by atoms with Gasteiger partial charge in [0, 0.05) is 10.8 Å². The van der Waals surface area contributed by atoms with E-state index >= 15 is 0 Å². The van der Waals surface area contributed by atoms with Gasteiger partial charge in [-0.2, -0.15) is 0 Å². The van der Waals surface area contributed by atoms with E-state index in [1.54, 1.807) is 0 Å². The van der Waals surface area contributed by atoms with Gasteiger partial charge < -0.3 is 11.1 Å². The van der Waals surface area contributed by atoms with Crippen LogP contribution >= 0.6 is 11.3 Å². The monoisotopic (exact) mass is 322 g/mol. The van der Waals surface area contributed by atoms with Crippen LogP contribution < -0.4 is 11.1 Å². The summed E-state index contributed by atoms with van der Waals surface area (Å²) in [5, 5.41) is 3.65. The van der Waals surface area contributed by atoms with Gasteiger partial charge in [0.1, 0.15) is 5.00 Å². The van der Waals surface area contributed by atoms with E-state index < -0.39 is 5.91 Å². The summed E-state index contributed by atoms with van der Waals surface area (Å²) < 4.78 is 0. The molecule has 3 N–H and O–H groups in total. The first kappa shape index (κ1) is 17.0. The van der Waals surface area contributed by atoms with Crippen molar-refractivity contribution in [2.45, 2.75) is 65.2 Å². The molecule has 4 nitrogen and oxygen atoms in total. The SMILES string of the molecule is CCCC[C@@H](CC)C(=O)Nc1sc2c(c1C(N)=O)CCCC2. The van der Waals surface area contributed by atoms with Crippen LogP contribution in [0.2, 0.25) is 0 Å². The van der Waals surface area contributed by atoms with E-state index in [2.05, 4.69) is 12.2 Å². The number of hydrogen-bond donors (Lipinski definition) is 2. The van der Waals surface area contributed by atoms with Crippen molar-refractivity contribution in [1.29, 1.82) is 0 Å². The Balaban J connectivity index is 2.19. The number of aryl methyl sites for hydroxylation is 1. The van der Waals surface area contributed by atoms with Gasteiger partial charge in [-0.3, -0.25) is 9.59 Å². The van der Waals surface area contributed by atoms with Crippen LogP contribution in [0.1, 0.15) is 73.2 Å². The van der Waals surface area contributed by atoms with E-state index in [1.807, 2.05) is 6.92 Å². The average molecular weight is 322 g/mol. The van der Waals surface area contributed by atoms with Crippen molar-refractivity contribution in [1.82, 2.24) is 0 Å². The smallest absolute Gasteiger partial charge is 0.251 e. The molecule has 0 bridgehead atoms. The molecule has 1 aliphatic carbocycles. The van der Waals surface area contributed by atoms with Gasteiger partial charge in [0.05, 0.1) is 5.56 Å². The zero-order chi connectivity index (χ0) is 16.1. The molecule has 5 heteroatoms. The van der Waals surface area contributed by atoms with E-state index in [4.69, 9.17) is 5.73 Å². The van der Waals surface area contributed by atoms with Crippen LogP contribution in [0.15, 0.2) is 0 Å². The van der Waals surface area contributed by atoms with E-state index in [9.17, 15) is 9.59 Å². The Labute approximate surface area is 136 Å². The van der Waals surface area contributed by atoms with Gasteiger partial charge in [-0.25, -0.2) is 0 Å². The molecular weight excluding hydrogens is 296 g/mol. The van der Waals surface area contributed by atoms with Crippen LogP contribution in [0.25, 0.3) is 0 Å². The van der Waals surface area contributed by atoms with Crippen LogP contribution in [0.5, 0.6) is 0 Å². The first-order valence-corrected chi connectivity index (χ1v) is 9.15. The van der Waals surface area contributed by atoms with E-state index in [0.717, 1.165) is 56.9 Å². The highest BCUT2D eigenvalue weighted by Crippen LogP contribution is 2.38. The second-order valence-electron chi connectivity index (χ2n) is 6.02. The van der Waals surface area contributed by atoms with Crippen LogP contribution in [0, 0.1) is 5.92 Å². The van der Waals surface area contributed by atoms with Gasteiger partial charge in [0.15, 0.2) is 0 Å². The topological polar surface area (TPSA) is 72.2 Å². The molecule has 2 rings (SSSR count). The Hall–Kier alpha value is -1.36. The minimum Gasteiger partial charge on any atom is -0.365 e. The van der Waals surface area contributed by atoms with Gasteiger partial charge in [0.25, 0.3) is 5.91 Å². The number of hydrogen-bond acceptors (Lipinski definition) is 3. The number of thiophene rings is 1. The van der Waals surface area contributed by atoms with Crippen LogP contribution in [-0.2, 0) is 17.6 Å². The summed E-state index contributed by atoms with van der Waals surface area (Å²) in [6, 6.07) is 0. The van der Waals surface area contributed by atoms with Gasteiger partial charge in [-0.15, -0.1) is 11.3 Å². The highest BCUT2D eigenvalue weighted by atomic mass is 32.1. The zero-order valence-corrected chi connectivity index (χ0v) is 14.4. The molecule has 0 aliphatic heterocycles. The van der Waals surface area contributed by atoms with Crippen molar-refractivity contribution in [3.05, 3.63) is 16.0 Å². The highest BCUT2D eigenvalue weighted by Gasteiger charge is 2.26. The molecule has 0 unspecified atom stereocenters. The molecule has 0 saturated carbocycles. The number of nitrogens with two attached hydrogens (primary N) is 1. The number of amides is 2. The lowest BCUT2D eigenvalue weighted by Gasteiger charge is -2.14. The standard InChI is InChI=1S/C17H26N2O2S/c1-3-5-8-11(4-2)16(21)19-17-14(15(18)20)12-9-6-7-10-13(12)22-17/h11H,3-10H2,1-2H3,(H2,18,20)(H,19,21)/t11-/m1/s1. The van der Waals surface area contributed by atoms with Gasteiger partial charge in [0.2, 0.25) is 5.91 Å². The first-order valence-electron chi connectivity index (χ1n) is 8.33. The fourth-order valence-electron chi connectivity index (χ4n) is 3.10. The summed E-state index contributed by atoms with van der Waals surface area (Å²) in [6.07, 6.45) is 7.98. The molecular formula is C17H26N2O2S. The number of unbranched alkanes of at least 4 members (excludes halogenated alkanes) is 1. The number of nitrogens with one attached hydrogen (secondary N) is 1. The van der Waals surface area contributed by atoms with Crippen molar-refractivity contribution in [2.24, 2.45) is 11.7 Å². The average Bonchev–Trinajstić information content (AvgIpc) is 2.85. The van der Waals surface area contributed by atoms with Gasteiger partial charge >= 0.3 is 0 Å². The summed E-state index contributed by atoms with van der Waals surface area (Å²) >= 11 is 1.54. The highest BCUT2D eigenvalue weighted by molar-refractivity contribution is 7.17. The third-order valence-electron chi connectivity index (χ3n) is 4.42. The quantitative estimate of drug-likeness (QED) is 0.799. The molecule has 0 aromatic carbocycles. The molecule has 1 aromatic rings. The third kappa shape index (κ3) is 3.69. The normalized spacial score (nSPS) is 15.2. The summed E-state index contributed by atoms with van der Waals surface area (Å²) in [7, 11) is 0. The molecule has 0 saturated heterocycles. The number of fused-ring (bicyclic) bond motifs is 1. The molecule has 2 amide bonds. The second kappa shape index (κ2) is 7.77. The number of carbonyl (C=O) groups is 2. The summed E-state index contributed by atoms with van der Waals surface area (Å²) in [6.45, 7) is 4.16. The number of rotatable bonds is 7. The van der Waals surface area contributed by atoms with Crippen molar-refractivity contribution < 1.29 is 9.59 Å². The van der Waals surface area contributed by atoms with Gasteiger partial charge in [-0.1, -0.05) is 26.7 Å². The van der Waals surface area contributed by atoms with Crippen LogP contribution in [0.3, 0.4) is 0 Å². The fourth-order valence-corrected chi connectivity index (χ4v) is 4.40. The second-order valence-corrected chi connectivity index (χ2v) is 7.12. The Morgan fingerprint density at radius 3 is 2.64 bits per heavy atom. The predicted octanol–water partition coefficient (Wildman–Crippen LogP) is 3.88. The van der Waals surface area contributed by atoms with Gasteiger partial charge in [-0.05, 0) is 44.1 Å². The van der Waals surface area contributed by atoms with Crippen molar-refractivity contribution in [3.63, 3.8) is 0 Å². The first-order chi connectivity index (χ1) is 10.6. The summed E-state index contributed by atoms with van der Waals surface area (Å²) in [4.78, 5) is 25.5. The lowest BCUT2D eigenvalue weighted by Crippen LogP contribution is -2.24. The largest absolute Gasteiger partial charge is 0.365 e. The number of anilines is 1. The van der Waals surface area contributed by atoms with Crippen molar-refractivity contribution >= 4 is 28.2 Å². The zero-order valence-electron chi connectivity index (χ0n) is 13.5. The minimum absolute atomic E-state index is 0.0137. The van der Waals surface area contributed by atoms with E-state index in [1.165, 1.54) is 16.2 Å². The van der Waals surface area contributed by atoms with Crippen molar-refractivity contribution in [2.75, 3.05) is 5.32 Å². The predicted molar refractivity (Wildman–Crippen MR) is 91.4 cm³/mol. The molecule has 0 radical (unpaired) electrons. The maximum atomic E-state index is 12.5.